The van der Waals surface area contributed by atoms with Crippen LogP contribution in [0.4, 0.5) is 0 Å². The van der Waals surface area contributed by atoms with Crippen LogP contribution in [0.5, 0.6) is 0 Å². The third-order valence-corrected chi connectivity index (χ3v) is 3.23. The Balaban J connectivity index is 2.32. The lowest BCUT2D eigenvalue weighted by molar-refractivity contribution is -0.158. The van der Waals surface area contributed by atoms with E-state index in [0.717, 1.165) is 19.3 Å². The molecule has 1 N–H and O–H groups in total. The molecule has 1 aliphatic heterocycles. The van der Waals surface area contributed by atoms with E-state index in [1.165, 1.54) is 17.7 Å². The number of amides is 1. The van der Waals surface area contributed by atoms with Crippen molar-refractivity contribution in [3.8, 4) is 0 Å². The fraction of sp³-hybridized carbons (Fsp3) is 0.846. The van der Waals surface area contributed by atoms with Crippen molar-refractivity contribution in [3.05, 3.63) is 0 Å². The van der Waals surface area contributed by atoms with Crippen molar-refractivity contribution in [3.63, 3.8) is 0 Å². The van der Waals surface area contributed by atoms with Crippen LogP contribution < -0.4 is 0 Å². The van der Waals surface area contributed by atoms with Gasteiger partial charge in [-0.15, -0.1) is 0 Å². The van der Waals surface area contributed by atoms with E-state index in [0.29, 0.717) is 19.6 Å². The lowest BCUT2D eigenvalue weighted by Gasteiger charge is -2.32. The SMILES string of the molecule is CCCCCCCC(=O)N1CCOCC1C(=O)O. The second-order valence-corrected chi connectivity index (χ2v) is 4.68. The molecule has 0 radical (unpaired) electrons. The molecule has 0 aromatic rings. The molecule has 1 unspecified atom stereocenters. The molecule has 5 nitrogen and oxygen atoms in total. The van der Waals surface area contributed by atoms with Crippen molar-refractivity contribution in [2.24, 2.45) is 0 Å². The molecular formula is C13H23NO4. The smallest absolute Gasteiger partial charge is 0.328 e. The van der Waals surface area contributed by atoms with E-state index in [9.17, 15) is 9.59 Å². The van der Waals surface area contributed by atoms with E-state index in [2.05, 4.69) is 6.92 Å². The molecule has 1 fully saturated rings. The molecule has 1 amide bonds. The third-order valence-electron chi connectivity index (χ3n) is 3.23. The first kappa shape index (κ1) is 15.0. The number of hydrogen-bond acceptors (Lipinski definition) is 3. The number of rotatable bonds is 7. The van der Waals surface area contributed by atoms with Gasteiger partial charge in [0.15, 0.2) is 6.04 Å². The minimum Gasteiger partial charge on any atom is -0.480 e. The van der Waals surface area contributed by atoms with Crippen LogP contribution in [0.2, 0.25) is 0 Å². The summed E-state index contributed by atoms with van der Waals surface area (Å²) in [6, 6.07) is -0.804. The first-order valence-corrected chi connectivity index (χ1v) is 6.76. The summed E-state index contributed by atoms with van der Waals surface area (Å²) < 4.78 is 5.11. The first-order chi connectivity index (χ1) is 8.66. The Bertz CT molecular complexity index is 280. The van der Waals surface area contributed by atoms with Gasteiger partial charge in [0.1, 0.15) is 0 Å². The summed E-state index contributed by atoms with van der Waals surface area (Å²) in [5.41, 5.74) is 0. The minimum absolute atomic E-state index is 0.0535. The quantitative estimate of drug-likeness (QED) is 0.704. The number of carboxylic acids is 1. The maximum absolute atomic E-state index is 12.0. The molecule has 0 spiro atoms. The fourth-order valence-corrected chi connectivity index (χ4v) is 2.13. The molecule has 0 aromatic carbocycles. The highest BCUT2D eigenvalue weighted by Gasteiger charge is 2.32. The Morgan fingerprint density at radius 3 is 2.67 bits per heavy atom. The molecule has 0 aliphatic carbocycles. The number of unbranched alkanes of at least 4 members (excludes halogenated alkanes) is 4. The molecule has 104 valence electrons. The second-order valence-electron chi connectivity index (χ2n) is 4.68. The topological polar surface area (TPSA) is 66.8 Å². The van der Waals surface area contributed by atoms with E-state index in [1.54, 1.807) is 0 Å². The van der Waals surface area contributed by atoms with Crippen molar-refractivity contribution in [1.82, 2.24) is 4.90 Å². The van der Waals surface area contributed by atoms with Gasteiger partial charge in [0.05, 0.1) is 13.2 Å². The first-order valence-electron chi connectivity index (χ1n) is 6.76. The molecule has 5 heteroatoms. The molecule has 0 aromatic heterocycles. The van der Waals surface area contributed by atoms with Gasteiger partial charge in [-0.1, -0.05) is 32.6 Å². The highest BCUT2D eigenvalue weighted by molar-refractivity contribution is 5.83. The Morgan fingerprint density at radius 2 is 2.00 bits per heavy atom. The number of morpholine rings is 1. The highest BCUT2D eigenvalue weighted by Crippen LogP contribution is 2.12. The van der Waals surface area contributed by atoms with E-state index < -0.39 is 12.0 Å². The number of nitrogens with zero attached hydrogens (tertiary/aromatic N) is 1. The number of ether oxygens (including phenoxy) is 1. The summed E-state index contributed by atoms with van der Waals surface area (Å²) in [4.78, 5) is 24.4. The normalized spacial score (nSPS) is 19.8. The van der Waals surface area contributed by atoms with Gasteiger partial charge >= 0.3 is 5.97 Å². The van der Waals surface area contributed by atoms with Crippen molar-refractivity contribution in [2.45, 2.75) is 51.5 Å². The van der Waals surface area contributed by atoms with Crippen LogP contribution in [-0.4, -0.2) is 47.7 Å². The Morgan fingerprint density at radius 1 is 1.28 bits per heavy atom. The molecule has 1 saturated heterocycles. The van der Waals surface area contributed by atoms with Gasteiger partial charge in [-0.3, -0.25) is 4.79 Å². The van der Waals surface area contributed by atoms with Gasteiger partial charge in [-0.2, -0.15) is 0 Å². The molecule has 1 aliphatic rings. The summed E-state index contributed by atoms with van der Waals surface area (Å²) in [5.74, 6) is -1.03. The molecule has 1 heterocycles. The molecular weight excluding hydrogens is 234 g/mol. The predicted octanol–water partition coefficient (Wildman–Crippen LogP) is 1.66. The van der Waals surface area contributed by atoms with Gasteiger partial charge in [-0.05, 0) is 6.42 Å². The standard InChI is InChI=1S/C13H23NO4/c1-2-3-4-5-6-7-12(15)14-8-9-18-10-11(14)13(16)17/h11H,2-10H2,1H3,(H,16,17). The van der Waals surface area contributed by atoms with Crippen LogP contribution in [0, 0.1) is 0 Å². The zero-order chi connectivity index (χ0) is 13.4. The van der Waals surface area contributed by atoms with Crippen LogP contribution in [0.1, 0.15) is 45.4 Å². The maximum Gasteiger partial charge on any atom is 0.328 e. The summed E-state index contributed by atoms with van der Waals surface area (Å²) in [6.07, 6.45) is 5.87. The van der Waals surface area contributed by atoms with Gasteiger partial charge in [-0.25, -0.2) is 4.79 Å². The van der Waals surface area contributed by atoms with Crippen LogP contribution in [0.15, 0.2) is 0 Å². The number of aliphatic carboxylic acids is 1. The van der Waals surface area contributed by atoms with Crippen LogP contribution in [-0.2, 0) is 14.3 Å². The summed E-state index contributed by atoms with van der Waals surface area (Å²) in [7, 11) is 0. The zero-order valence-electron chi connectivity index (χ0n) is 11.1. The van der Waals surface area contributed by atoms with Crippen LogP contribution in [0.25, 0.3) is 0 Å². The van der Waals surface area contributed by atoms with Crippen LogP contribution >= 0.6 is 0 Å². The predicted molar refractivity (Wildman–Crippen MR) is 67.3 cm³/mol. The Labute approximate surface area is 108 Å². The lowest BCUT2D eigenvalue weighted by Crippen LogP contribution is -2.52. The van der Waals surface area contributed by atoms with Gasteiger partial charge in [0.25, 0.3) is 0 Å². The zero-order valence-corrected chi connectivity index (χ0v) is 11.1. The van der Waals surface area contributed by atoms with Crippen molar-refractivity contribution >= 4 is 11.9 Å². The molecule has 1 rings (SSSR count). The van der Waals surface area contributed by atoms with Crippen molar-refractivity contribution in [1.29, 1.82) is 0 Å². The van der Waals surface area contributed by atoms with E-state index in [-0.39, 0.29) is 12.5 Å². The monoisotopic (exact) mass is 257 g/mol. The fourth-order valence-electron chi connectivity index (χ4n) is 2.13. The van der Waals surface area contributed by atoms with E-state index in [4.69, 9.17) is 9.84 Å². The molecule has 18 heavy (non-hydrogen) atoms. The number of hydrogen-bond donors (Lipinski definition) is 1. The van der Waals surface area contributed by atoms with Crippen molar-refractivity contribution in [2.75, 3.05) is 19.8 Å². The van der Waals surface area contributed by atoms with Crippen molar-refractivity contribution < 1.29 is 19.4 Å². The molecule has 0 saturated carbocycles. The number of carboxylic acid groups (broad SMARTS) is 1. The molecule has 0 bridgehead atoms. The van der Waals surface area contributed by atoms with Gasteiger partial charge < -0.3 is 14.7 Å². The highest BCUT2D eigenvalue weighted by atomic mass is 16.5. The number of carbonyl (C=O) groups excluding carboxylic acids is 1. The maximum atomic E-state index is 12.0. The Kier molecular flexibility index (Phi) is 6.72. The summed E-state index contributed by atoms with van der Waals surface area (Å²) >= 11 is 0. The van der Waals surface area contributed by atoms with Gasteiger partial charge in [0, 0.05) is 13.0 Å². The van der Waals surface area contributed by atoms with Gasteiger partial charge in [0.2, 0.25) is 5.91 Å². The summed E-state index contributed by atoms with van der Waals surface area (Å²) in [6.45, 7) is 3.09. The van der Waals surface area contributed by atoms with E-state index >= 15 is 0 Å². The second kappa shape index (κ2) is 8.08. The third kappa shape index (κ3) is 4.64. The lowest BCUT2D eigenvalue weighted by atomic mass is 10.1. The Hall–Kier alpha value is -1.10. The van der Waals surface area contributed by atoms with E-state index in [1.807, 2.05) is 0 Å². The summed E-state index contributed by atoms with van der Waals surface area (Å²) in [5, 5.41) is 9.03. The largest absolute Gasteiger partial charge is 0.480 e. The molecule has 1 atom stereocenters. The number of carbonyl (C=O) groups is 2. The van der Waals surface area contributed by atoms with Crippen LogP contribution in [0.3, 0.4) is 0 Å². The average molecular weight is 257 g/mol. The average Bonchev–Trinajstić information content (AvgIpc) is 2.38. The minimum atomic E-state index is -0.978.